The highest BCUT2D eigenvalue weighted by Crippen LogP contribution is 2.19. The number of hydrogen-bond donors (Lipinski definition) is 0. The van der Waals surface area contributed by atoms with Crippen LogP contribution < -0.4 is 0 Å². The average Bonchev–Trinajstić information content (AvgIpc) is 2.78. The first-order chi connectivity index (χ1) is 8.66. The van der Waals surface area contributed by atoms with Crippen LogP contribution in [0.1, 0.15) is 0 Å². The zero-order valence-electron chi connectivity index (χ0n) is 8.94. The highest BCUT2D eigenvalue weighted by molar-refractivity contribution is 5.79. The van der Waals surface area contributed by atoms with Gasteiger partial charge in [-0.05, 0) is 6.07 Å². The molecule has 0 spiro atoms. The number of rotatable bonds is 1. The van der Waals surface area contributed by atoms with Crippen LogP contribution in [0.25, 0.3) is 16.7 Å². The summed E-state index contributed by atoms with van der Waals surface area (Å²) in [7, 11) is 0. The van der Waals surface area contributed by atoms with Gasteiger partial charge in [-0.2, -0.15) is 14.5 Å². The molecule has 6 heteroatoms. The van der Waals surface area contributed by atoms with Crippen LogP contribution in [-0.4, -0.2) is 14.8 Å². The van der Waals surface area contributed by atoms with Gasteiger partial charge >= 0.3 is 0 Å². The Morgan fingerprint density at radius 3 is 2.61 bits per heavy atom. The molecule has 2 aromatic heterocycles. The number of halogens is 3. The van der Waals surface area contributed by atoms with E-state index in [0.717, 1.165) is 10.1 Å². The fraction of sp³-hybridized carbons (Fsp3) is 0. The van der Waals surface area contributed by atoms with Gasteiger partial charge in [-0.25, -0.2) is 13.5 Å². The molecule has 0 aliphatic heterocycles. The summed E-state index contributed by atoms with van der Waals surface area (Å²) in [6, 6.07) is 7.44. The minimum Gasteiger partial charge on any atom is -0.212 e. The van der Waals surface area contributed by atoms with E-state index in [0.29, 0.717) is 11.6 Å². The molecule has 3 nitrogen and oxygen atoms in total. The largest absolute Gasteiger partial charge is 0.251 e. The predicted octanol–water partition coefficient (Wildman–Crippen LogP) is 2.84. The molecule has 3 rings (SSSR count). The molecule has 0 saturated carbocycles. The van der Waals surface area contributed by atoms with Crippen molar-refractivity contribution in [2.24, 2.45) is 0 Å². The molecule has 0 radical (unpaired) electrons. The minimum absolute atomic E-state index is 0.366. The van der Waals surface area contributed by atoms with Crippen LogP contribution in [0.5, 0.6) is 0 Å². The quantitative estimate of drug-likeness (QED) is 0.621. The zero-order valence-corrected chi connectivity index (χ0v) is 8.94. The molecule has 0 bridgehead atoms. The molecule has 18 heavy (non-hydrogen) atoms. The van der Waals surface area contributed by atoms with E-state index in [1.807, 2.05) is 0 Å². The third-order valence-corrected chi connectivity index (χ3v) is 2.55. The van der Waals surface area contributed by atoms with Crippen LogP contribution in [0.3, 0.4) is 0 Å². The van der Waals surface area contributed by atoms with Crippen molar-refractivity contribution in [3.8, 4) is 5.82 Å². The topological polar surface area (TPSA) is 30.7 Å². The SMILES string of the molecule is Fc1cc(F)c(-n2ncc3ccccc32)nc1F. The van der Waals surface area contributed by atoms with Crippen LogP contribution in [0, 0.1) is 17.6 Å². The maximum Gasteiger partial charge on any atom is 0.251 e. The summed E-state index contributed by atoms with van der Waals surface area (Å²) in [5.74, 6) is -4.02. The molecule has 0 atom stereocenters. The minimum atomic E-state index is -1.36. The molecule has 0 fully saturated rings. The van der Waals surface area contributed by atoms with Crippen LogP contribution in [0.4, 0.5) is 13.2 Å². The second-order valence-electron chi connectivity index (χ2n) is 3.68. The van der Waals surface area contributed by atoms with Crippen molar-refractivity contribution in [2.75, 3.05) is 0 Å². The van der Waals surface area contributed by atoms with Gasteiger partial charge in [0.25, 0.3) is 5.95 Å². The Hall–Kier alpha value is -2.37. The van der Waals surface area contributed by atoms with Crippen molar-refractivity contribution < 1.29 is 13.2 Å². The van der Waals surface area contributed by atoms with Gasteiger partial charge in [-0.1, -0.05) is 18.2 Å². The Bertz CT molecular complexity index is 737. The Labute approximate surface area is 99.5 Å². The van der Waals surface area contributed by atoms with E-state index in [4.69, 9.17) is 0 Å². The fourth-order valence-corrected chi connectivity index (χ4v) is 1.72. The summed E-state index contributed by atoms with van der Waals surface area (Å²) in [6.45, 7) is 0. The highest BCUT2D eigenvalue weighted by Gasteiger charge is 2.15. The van der Waals surface area contributed by atoms with Crippen molar-refractivity contribution in [1.82, 2.24) is 14.8 Å². The van der Waals surface area contributed by atoms with Gasteiger partial charge in [0.15, 0.2) is 17.5 Å². The number of fused-ring (bicyclic) bond motifs is 1. The molecular formula is C12H6F3N3. The molecular weight excluding hydrogens is 243 g/mol. The number of benzene rings is 1. The number of nitrogens with zero attached hydrogens (tertiary/aromatic N) is 3. The summed E-state index contributed by atoms with van der Waals surface area (Å²) in [6.07, 6.45) is 1.50. The normalized spacial score (nSPS) is 11.1. The summed E-state index contributed by atoms with van der Waals surface area (Å²) in [4.78, 5) is 3.25. The number of para-hydroxylation sites is 1. The van der Waals surface area contributed by atoms with Gasteiger partial charge in [0, 0.05) is 11.5 Å². The Kier molecular flexibility index (Phi) is 2.29. The van der Waals surface area contributed by atoms with E-state index in [1.54, 1.807) is 24.3 Å². The Morgan fingerprint density at radius 1 is 1.00 bits per heavy atom. The maximum absolute atomic E-state index is 13.6. The third-order valence-electron chi connectivity index (χ3n) is 2.55. The van der Waals surface area contributed by atoms with Crippen LogP contribution in [0.2, 0.25) is 0 Å². The van der Waals surface area contributed by atoms with Gasteiger partial charge in [-0.15, -0.1) is 0 Å². The number of hydrogen-bond acceptors (Lipinski definition) is 2. The summed E-state index contributed by atoms with van der Waals surface area (Å²) >= 11 is 0. The predicted molar refractivity (Wildman–Crippen MR) is 58.7 cm³/mol. The van der Waals surface area contributed by atoms with Crippen LogP contribution >= 0.6 is 0 Å². The monoisotopic (exact) mass is 249 g/mol. The van der Waals surface area contributed by atoms with Crippen molar-refractivity contribution >= 4 is 10.9 Å². The molecule has 0 N–H and O–H groups in total. The summed E-state index contributed by atoms with van der Waals surface area (Å²) in [5, 5.41) is 4.68. The average molecular weight is 249 g/mol. The molecule has 1 aromatic carbocycles. The standard InChI is InChI=1S/C12H6F3N3/c13-8-5-9(14)12(17-11(8)15)18-10-4-2-1-3-7(10)6-16-18/h1-6H. The van der Waals surface area contributed by atoms with E-state index in [9.17, 15) is 13.2 Å². The van der Waals surface area contributed by atoms with Gasteiger partial charge in [0.1, 0.15) is 0 Å². The lowest BCUT2D eigenvalue weighted by Crippen LogP contribution is -2.06. The smallest absolute Gasteiger partial charge is 0.212 e. The molecule has 0 amide bonds. The number of pyridine rings is 1. The van der Waals surface area contributed by atoms with Crippen LogP contribution in [-0.2, 0) is 0 Å². The van der Waals surface area contributed by atoms with Crippen LogP contribution in [0.15, 0.2) is 36.5 Å². The maximum atomic E-state index is 13.6. The fourth-order valence-electron chi connectivity index (χ4n) is 1.72. The van der Waals surface area contributed by atoms with Gasteiger partial charge in [-0.3, -0.25) is 0 Å². The molecule has 0 unspecified atom stereocenters. The van der Waals surface area contributed by atoms with E-state index in [1.165, 1.54) is 6.20 Å². The zero-order chi connectivity index (χ0) is 12.7. The molecule has 0 saturated heterocycles. The van der Waals surface area contributed by atoms with Crippen molar-refractivity contribution in [2.45, 2.75) is 0 Å². The Morgan fingerprint density at radius 2 is 1.78 bits per heavy atom. The first-order valence-corrected chi connectivity index (χ1v) is 5.11. The van der Waals surface area contributed by atoms with Crippen molar-refractivity contribution in [3.63, 3.8) is 0 Å². The van der Waals surface area contributed by atoms with Gasteiger partial charge in [0.05, 0.1) is 11.7 Å². The van der Waals surface area contributed by atoms with E-state index in [-0.39, 0.29) is 5.82 Å². The van der Waals surface area contributed by atoms with E-state index < -0.39 is 17.6 Å². The number of aromatic nitrogens is 3. The second-order valence-corrected chi connectivity index (χ2v) is 3.68. The molecule has 2 heterocycles. The lowest BCUT2D eigenvalue weighted by atomic mass is 10.2. The second kappa shape index (κ2) is 3.83. The summed E-state index contributed by atoms with van der Waals surface area (Å²) in [5.41, 5.74) is 0.565. The first-order valence-electron chi connectivity index (χ1n) is 5.11. The molecule has 3 aromatic rings. The van der Waals surface area contributed by atoms with Crippen molar-refractivity contribution in [1.29, 1.82) is 0 Å². The van der Waals surface area contributed by atoms with E-state index in [2.05, 4.69) is 10.1 Å². The molecule has 0 aliphatic carbocycles. The third kappa shape index (κ3) is 1.54. The van der Waals surface area contributed by atoms with Gasteiger partial charge < -0.3 is 0 Å². The first kappa shape index (κ1) is 10.8. The van der Waals surface area contributed by atoms with Crippen molar-refractivity contribution in [3.05, 3.63) is 54.1 Å². The molecule has 90 valence electrons. The Balaban J connectivity index is 2.29. The highest BCUT2D eigenvalue weighted by atomic mass is 19.2. The van der Waals surface area contributed by atoms with Gasteiger partial charge in [0.2, 0.25) is 0 Å². The lowest BCUT2D eigenvalue weighted by Gasteiger charge is -2.04. The molecule has 0 aliphatic rings. The summed E-state index contributed by atoms with van der Waals surface area (Å²) < 4.78 is 40.6. The lowest BCUT2D eigenvalue weighted by molar-refractivity contribution is 0.459. The van der Waals surface area contributed by atoms with E-state index >= 15 is 0 Å².